The number of carbonyl (C=O) groups is 2. The van der Waals surface area contributed by atoms with Crippen LogP contribution >= 0.6 is 0 Å². The van der Waals surface area contributed by atoms with Crippen molar-refractivity contribution in [2.24, 2.45) is 0 Å². The fourth-order valence-electron chi connectivity index (χ4n) is 3.71. The first-order valence-electron chi connectivity index (χ1n) is 9.97. The van der Waals surface area contributed by atoms with Crippen LogP contribution < -0.4 is 5.32 Å². The van der Waals surface area contributed by atoms with Gasteiger partial charge in [0.25, 0.3) is 0 Å². The standard InChI is InChI=1S/C24H23FN4O2/c1-28-13-18-11-16(12-26-24(18)27-22(30)15-28)7-10-23(31)29(2)14-17-8-9-21(25)20-6-4-3-5-19(17)20/h3-12H,13-15H2,1-2H3,(H,26,27,30). The molecule has 2 aromatic carbocycles. The Morgan fingerprint density at radius 1 is 1.23 bits per heavy atom. The van der Waals surface area contributed by atoms with Gasteiger partial charge in [-0.05, 0) is 41.8 Å². The molecule has 3 aromatic rings. The number of fused-ring (bicyclic) bond motifs is 2. The van der Waals surface area contributed by atoms with Gasteiger partial charge in [-0.1, -0.05) is 30.3 Å². The molecule has 0 saturated carbocycles. The molecule has 0 aliphatic carbocycles. The van der Waals surface area contributed by atoms with E-state index in [-0.39, 0.29) is 17.6 Å². The predicted octanol–water partition coefficient (Wildman–Crippen LogP) is 3.43. The lowest BCUT2D eigenvalue weighted by atomic mass is 10.0. The van der Waals surface area contributed by atoms with E-state index in [0.717, 1.165) is 22.1 Å². The van der Waals surface area contributed by atoms with Crippen molar-refractivity contribution in [1.82, 2.24) is 14.8 Å². The van der Waals surface area contributed by atoms with E-state index in [0.29, 0.717) is 30.8 Å². The molecule has 2 amide bonds. The van der Waals surface area contributed by atoms with Gasteiger partial charge in [-0.3, -0.25) is 14.5 Å². The number of nitrogens with one attached hydrogen (secondary N) is 1. The minimum absolute atomic E-state index is 0.0952. The van der Waals surface area contributed by atoms with Crippen molar-refractivity contribution >= 4 is 34.5 Å². The molecule has 0 atom stereocenters. The Labute approximate surface area is 180 Å². The van der Waals surface area contributed by atoms with Gasteiger partial charge < -0.3 is 10.2 Å². The number of likely N-dealkylation sites (N-methyl/N-ethyl adjacent to an activating group) is 2. The van der Waals surface area contributed by atoms with Gasteiger partial charge in [0.1, 0.15) is 11.6 Å². The lowest BCUT2D eigenvalue weighted by molar-refractivity contribution is -0.125. The second-order valence-electron chi connectivity index (χ2n) is 7.78. The number of anilines is 1. The summed E-state index contributed by atoms with van der Waals surface area (Å²) in [5, 5.41) is 4.14. The van der Waals surface area contributed by atoms with E-state index in [9.17, 15) is 14.0 Å². The fraction of sp³-hybridized carbons (Fsp3) is 0.208. The number of halogens is 1. The van der Waals surface area contributed by atoms with Gasteiger partial charge in [-0.2, -0.15) is 0 Å². The molecule has 158 valence electrons. The molecular formula is C24H23FN4O2. The topological polar surface area (TPSA) is 65.5 Å². The molecule has 0 unspecified atom stereocenters. The number of amides is 2. The molecular weight excluding hydrogens is 395 g/mol. The third-order valence-corrected chi connectivity index (χ3v) is 5.26. The molecule has 1 N–H and O–H groups in total. The van der Waals surface area contributed by atoms with Crippen LogP contribution in [0.25, 0.3) is 16.8 Å². The predicted molar refractivity (Wildman–Crippen MR) is 119 cm³/mol. The van der Waals surface area contributed by atoms with Gasteiger partial charge >= 0.3 is 0 Å². The molecule has 0 bridgehead atoms. The van der Waals surface area contributed by atoms with Gasteiger partial charge in [0.15, 0.2) is 0 Å². The average molecular weight is 418 g/mol. The summed E-state index contributed by atoms with van der Waals surface area (Å²) in [4.78, 5) is 32.3. The summed E-state index contributed by atoms with van der Waals surface area (Å²) < 4.78 is 14.0. The Balaban J connectivity index is 1.49. The summed E-state index contributed by atoms with van der Waals surface area (Å²) in [7, 11) is 3.58. The summed E-state index contributed by atoms with van der Waals surface area (Å²) >= 11 is 0. The average Bonchev–Trinajstić information content (AvgIpc) is 2.89. The SMILES string of the molecule is CN1CC(=O)Nc2ncc(C=CC(=O)N(C)Cc3ccc(F)c4ccccc34)cc2C1. The number of hydrogen-bond donors (Lipinski definition) is 1. The van der Waals surface area contributed by atoms with E-state index < -0.39 is 0 Å². The van der Waals surface area contributed by atoms with Gasteiger partial charge in [-0.15, -0.1) is 0 Å². The highest BCUT2D eigenvalue weighted by atomic mass is 19.1. The first kappa shape index (κ1) is 20.7. The second-order valence-corrected chi connectivity index (χ2v) is 7.78. The number of hydrogen-bond acceptors (Lipinski definition) is 4. The molecule has 0 spiro atoms. The monoisotopic (exact) mass is 418 g/mol. The third-order valence-electron chi connectivity index (χ3n) is 5.26. The minimum atomic E-state index is -0.272. The number of rotatable bonds is 4. The zero-order chi connectivity index (χ0) is 22.0. The van der Waals surface area contributed by atoms with Crippen molar-refractivity contribution in [3.8, 4) is 0 Å². The number of aromatic nitrogens is 1. The van der Waals surface area contributed by atoms with Crippen LogP contribution in [-0.4, -0.2) is 47.2 Å². The number of pyridine rings is 1. The summed E-state index contributed by atoms with van der Waals surface area (Å²) in [6, 6.07) is 12.3. The first-order chi connectivity index (χ1) is 14.9. The van der Waals surface area contributed by atoms with Crippen LogP contribution in [-0.2, 0) is 22.7 Å². The van der Waals surface area contributed by atoms with Crippen molar-refractivity contribution in [2.45, 2.75) is 13.1 Å². The smallest absolute Gasteiger partial charge is 0.246 e. The Morgan fingerprint density at radius 2 is 2.00 bits per heavy atom. The molecule has 2 heterocycles. The normalized spacial score (nSPS) is 14.4. The van der Waals surface area contributed by atoms with Crippen molar-refractivity contribution < 1.29 is 14.0 Å². The largest absolute Gasteiger partial charge is 0.338 e. The quantitative estimate of drug-likeness (QED) is 0.660. The summed E-state index contributed by atoms with van der Waals surface area (Å²) in [5.41, 5.74) is 2.55. The first-order valence-corrected chi connectivity index (χ1v) is 9.97. The maximum absolute atomic E-state index is 14.0. The van der Waals surface area contributed by atoms with Crippen LogP contribution in [0.4, 0.5) is 10.2 Å². The zero-order valence-corrected chi connectivity index (χ0v) is 17.4. The minimum Gasteiger partial charge on any atom is -0.338 e. The lowest BCUT2D eigenvalue weighted by Gasteiger charge is -2.17. The Bertz CT molecular complexity index is 1190. The van der Waals surface area contributed by atoms with Gasteiger partial charge in [-0.25, -0.2) is 9.37 Å². The maximum Gasteiger partial charge on any atom is 0.246 e. The number of carbonyl (C=O) groups excluding carboxylic acids is 2. The van der Waals surface area contributed by atoms with E-state index in [4.69, 9.17) is 0 Å². The molecule has 1 aromatic heterocycles. The van der Waals surface area contributed by atoms with Crippen LogP contribution in [0.3, 0.4) is 0 Å². The Morgan fingerprint density at radius 3 is 2.81 bits per heavy atom. The van der Waals surface area contributed by atoms with Crippen molar-refractivity contribution in [3.63, 3.8) is 0 Å². The van der Waals surface area contributed by atoms with Gasteiger partial charge in [0.05, 0.1) is 6.54 Å². The van der Waals surface area contributed by atoms with Gasteiger partial charge in [0.2, 0.25) is 11.8 Å². The Hall–Kier alpha value is -3.58. The summed E-state index contributed by atoms with van der Waals surface area (Å²) in [6.45, 7) is 1.26. The lowest BCUT2D eigenvalue weighted by Crippen LogP contribution is -2.26. The van der Waals surface area contributed by atoms with Crippen molar-refractivity contribution in [1.29, 1.82) is 0 Å². The highest BCUT2D eigenvalue weighted by Crippen LogP contribution is 2.23. The molecule has 7 heteroatoms. The van der Waals surface area contributed by atoms with Crippen LogP contribution in [0.1, 0.15) is 16.7 Å². The van der Waals surface area contributed by atoms with E-state index in [1.165, 1.54) is 12.1 Å². The molecule has 6 nitrogen and oxygen atoms in total. The van der Waals surface area contributed by atoms with Crippen LogP contribution in [0.2, 0.25) is 0 Å². The molecule has 1 aliphatic heterocycles. The maximum atomic E-state index is 14.0. The molecule has 0 radical (unpaired) electrons. The number of nitrogens with zero attached hydrogens (tertiary/aromatic N) is 3. The number of benzene rings is 2. The second kappa shape index (κ2) is 8.65. The van der Waals surface area contributed by atoms with E-state index in [1.807, 2.05) is 30.1 Å². The van der Waals surface area contributed by atoms with Crippen LogP contribution in [0.5, 0.6) is 0 Å². The molecule has 31 heavy (non-hydrogen) atoms. The fourth-order valence-corrected chi connectivity index (χ4v) is 3.71. The van der Waals surface area contributed by atoms with Crippen LogP contribution in [0.15, 0.2) is 54.7 Å². The molecule has 0 saturated heterocycles. The zero-order valence-electron chi connectivity index (χ0n) is 17.4. The molecule has 1 aliphatic rings. The summed E-state index contributed by atoms with van der Waals surface area (Å²) in [5.74, 6) is 0.0137. The van der Waals surface area contributed by atoms with E-state index >= 15 is 0 Å². The van der Waals surface area contributed by atoms with Crippen molar-refractivity contribution in [3.05, 3.63) is 77.2 Å². The highest BCUT2D eigenvalue weighted by molar-refractivity contribution is 5.94. The van der Waals surface area contributed by atoms with Crippen LogP contribution in [0, 0.1) is 5.82 Å². The van der Waals surface area contributed by atoms with Crippen molar-refractivity contribution in [2.75, 3.05) is 26.0 Å². The molecule has 4 rings (SSSR count). The van der Waals surface area contributed by atoms with Gasteiger partial charge in [0, 0.05) is 43.4 Å². The summed E-state index contributed by atoms with van der Waals surface area (Å²) in [6.07, 6.45) is 4.83. The Kier molecular flexibility index (Phi) is 5.77. The van der Waals surface area contributed by atoms with E-state index in [2.05, 4.69) is 10.3 Å². The highest BCUT2D eigenvalue weighted by Gasteiger charge is 2.17. The third kappa shape index (κ3) is 4.62. The van der Waals surface area contributed by atoms with E-state index in [1.54, 1.807) is 42.4 Å². The molecule has 0 fully saturated rings.